The lowest BCUT2D eigenvalue weighted by molar-refractivity contribution is -0.123. The molecule has 1 N–H and O–H groups in total. The van der Waals surface area contributed by atoms with Crippen LogP contribution in [0.15, 0.2) is 54.9 Å². The Morgan fingerprint density at radius 1 is 1.17 bits per heavy atom. The van der Waals surface area contributed by atoms with Crippen LogP contribution >= 0.6 is 47.8 Å². The Bertz CT molecular complexity index is 708. The van der Waals surface area contributed by atoms with Crippen LogP contribution in [0.2, 0.25) is 0 Å². The summed E-state index contributed by atoms with van der Waals surface area (Å²) in [6.45, 7) is 1.80. The number of ether oxygens (including phenoxy) is 1. The predicted molar refractivity (Wildman–Crippen MR) is 102 cm³/mol. The number of hydrogen-bond acceptors (Lipinski definition) is 3. The Balaban J connectivity index is 1.87. The van der Waals surface area contributed by atoms with Crippen LogP contribution in [0.3, 0.4) is 0 Å². The number of carbonyl (C=O) groups excluding carboxylic acids is 1. The number of aryl methyl sites for hydroxylation is 1. The number of carbonyl (C=O) groups is 1. The van der Waals surface area contributed by atoms with Crippen molar-refractivity contribution in [3.05, 3.63) is 60.9 Å². The number of halogens is 3. The van der Waals surface area contributed by atoms with Gasteiger partial charge in [0.1, 0.15) is 5.75 Å². The van der Waals surface area contributed by atoms with Crippen LogP contribution in [0, 0.1) is 6.92 Å². The van der Waals surface area contributed by atoms with E-state index in [4.69, 9.17) is 4.74 Å². The van der Waals surface area contributed by atoms with Crippen molar-refractivity contribution in [3.63, 3.8) is 0 Å². The zero-order valence-electron chi connectivity index (χ0n) is 12.1. The third-order valence-electron chi connectivity index (χ3n) is 2.81. The third kappa shape index (κ3) is 5.75. The number of rotatable bonds is 5. The second-order valence-electron chi connectivity index (χ2n) is 4.67. The van der Waals surface area contributed by atoms with E-state index < -0.39 is 0 Å². The van der Waals surface area contributed by atoms with Gasteiger partial charge in [0.2, 0.25) is 0 Å². The number of amides is 1. The molecule has 0 aliphatic carbocycles. The summed E-state index contributed by atoms with van der Waals surface area (Å²) < 4.78 is 8.26. The van der Waals surface area contributed by atoms with Gasteiger partial charge in [0.15, 0.2) is 6.61 Å². The summed E-state index contributed by atoms with van der Waals surface area (Å²) in [5.74, 6) is 0.313. The lowest BCUT2D eigenvalue weighted by Crippen LogP contribution is -2.24. The van der Waals surface area contributed by atoms with Crippen LogP contribution in [-0.4, -0.2) is 18.7 Å². The van der Waals surface area contributed by atoms with E-state index in [2.05, 4.69) is 58.3 Å². The minimum Gasteiger partial charge on any atom is -0.482 e. The summed E-state index contributed by atoms with van der Waals surface area (Å²) in [6, 6.07) is 11.4. The molecule has 0 radical (unpaired) electrons. The van der Waals surface area contributed by atoms with Crippen LogP contribution in [0.25, 0.3) is 0 Å². The maximum Gasteiger partial charge on any atom is 0.277 e. The smallest absolute Gasteiger partial charge is 0.277 e. The van der Waals surface area contributed by atoms with Gasteiger partial charge in [0, 0.05) is 8.95 Å². The first-order valence-corrected chi connectivity index (χ1v) is 8.99. The first-order chi connectivity index (χ1) is 11.0. The van der Waals surface area contributed by atoms with Crippen molar-refractivity contribution in [2.75, 3.05) is 6.61 Å². The molecule has 0 aliphatic rings. The number of benzene rings is 2. The predicted octanol–water partition coefficient (Wildman–Crippen LogP) is 4.81. The van der Waals surface area contributed by atoms with Gasteiger partial charge in [0.05, 0.1) is 10.7 Å². The molecule has 1 amide bonds. The summed E-state index contributed by atoms with van der Waals surface area (Å²) in [4.78, 5) is 11.8. The van der Waals surface area contributed by atoms with E-state index in [-0.39, 0.29) is 12.5 Å². The zero-order chi connectivity index (χ0) is 16.8. The molecule has 0 spiro atoms. The molecule has 0 heterocycles. The maximum absolute atomic E-state index is 11.8. The highest BCUT2D eigenvalue weighted by molar-refractivity contribution is 9.11. The minimum atomic E-state index is -0.326. The fraction of sp³-hybridized carbons (Fsp3) is 0.125. The molecule has 0 saturated heterocycles. The molecule has 0 aromatic heterocycles. The molecule has 0 fully saturated rings. The highest BCUT2D eigenvalue weighted by Gasteiger charge is 2.09. The third-order valence-corrected chi connectivity index (χ3v) is 4.39. The van der Waals surface area contributed by atoms with Crippen molar-refractivity contribution in [2.45, 2.75) is 6.92 Å². The molecule has 2 aromatic carbocycles. The van der Waals surface area contributed by atoms with Crippen LogP contribution in [0.5, 0.6) is 5.75 Å². The van der Waals surface area contributed by atoms with Crippen molar-refractivity contribution in [3.8, 4) is 5.75 Å². The zero-order valence-corrected chi connectivity index (χ0v) is 16.9. The molecule has 0 aliphatic heterocycles. The van der Waals surface area contributed by atoms with Gasteiger partial charge in [-0.3, -0.25) is 4.79 Å². The number of nitrogens with one attached hydrogen (secondary N) is 1. The Morgan fingerprint density at radius 2 is 1.87 bits per heavy atom. The number of hydrazone groups is 1. The molecule has 0 saturated carbocycles. The van der Waals surface area contributed by atoms with E-state index in [9.17, 15) is 4.79 Å². The molecule has 7 heteroatoms. The van der Waals surface area contributed by atoms with Crippen molar-refractivity contribution >= 4 is 59.9 Å². The van der Waals surface area contributed by atoms with Gasteiger partial charge in [-0.1, -0.05) is 44.0 Å². The highest BCUT2D eigenvalue weighted by Crippen LogP contribution is 2.32. The summed E-state index contributed by atoms with van der Waals surface area (Å²) in [5, 5.41) is 3.90. The average molecular weight is 505 g/mol. The van der Waals surface area contributed by atoms with Crippen molar-refractivity contribution in [1.82, 2.24) is 5.43 Å². The molecule has 0 unspecified atom stereocenters. The quantitative estimate of drug-likeness (QED) is 0.469. The first kappa shape index (κ1) is 18.2. The monoisotopic (exact) mass is 502 g/mol. The highest BCUT2D eigenvalue weighted by atomic mass is 79.9. The van der Waals surface area contributed by atoms with E-state index in [1.807, 2.05) is 43.3 Å². The van der Waals surface area contributed by atoms with E-state index in [1.165, 1.54) is 0 Å². The maximum atomic E-state index is 11.8. The molecule has 2 aromatic rings. The Morgan fingerprint density at radius 3 is 2.52 bits per heavy atom. The molecule has 4 nitrogen and oxygen atoms in total. The van der Waals surface area contributed by atoms with Gasteiger partial charge in [0.25, 0.3) is 5.91 Å². The van der Waals surface area contributed by atoms with Gasteiger partial charge in [-0.05, 0) is 58.2 Å². The second-order valence-corrected chi connectivity index (χ2v) is 7.35. The van der Waals surface area contributed by atoms with E-state index in [1.54, 1.807) is 6.21 Å². The SMILES string of the molecule is Cc1cc(Br)cc(Br)c1OCC(=O)N/N=C/c1ccc(Br)cc1. The fourth-order valence-corrected chi connectivity index (χ4v) is 3.59. The topological polar surface area (TPSA) is 50.7 Å². The minimum absolute atomic E-state index is 0.112. The van der Waals surface area contributed by atoms with Crippen LogP contribution < -0.4 is 10.2 Å². The number of nitrogens with zero attached hydrogens (tertiary/aromatic N) is 1. The van der Waals surface area contributed by atoms with Gasteiger partial charge in [-0.25, -0.2) is 5.43 Å². The first-order valence-electron chi connectivity index (χ1n) is 6.61. The molecular formula is C16H13Br3N2O2. The molecular weight excluding hydrogens is 492 g/mol. The normalized spacial score (nSPS) is 10.8. The molecule has 2 rings (SSSR count). The molecule has 23 heavy (non-hydrogen) atoms. The van der Waals surface area contributed by atoms with Gasteiger partial charge >= 0.3 is 0 Å². The molecule has 0 bridgehead atoms. The van der Waals surface area contributed by atoms with E-state index >= 15 is 0 Å². The van der Waals surface area contributed by atoms with Crippen molar-refractivity contribution < 1.29 is 9.53 Å². The van der Waals surface area contributed by atoms with Gasteiger partial charge in [-0.15, -0.1) is 0 Å². The average Bonchev–Trinajstić information content (AvgIpc) is 2.48. The fourth-order valence-electron chi connectivity index (χ4n) is 1.77. The number of hydrogen-bond donors (Lipinski definition) is 1. The summed E-state index contributed by atoms with van der Waals surface area (Å²) >= 11 is 10.2. The largest absolute Gasteiger partial charge is 0.482 e. The second kappa shape index (κ2) is 8.61. The molecule has 120 valence electrons. The summed E-state index contributed by atoms with van der Waals surface area (Å²) in [7, 11) is 0. The van der Waals surface area contributed by atoms with E-state index in [0.717, 1.165) is 24.5 Å². The molecule has 0 atom stereocenters. The Kier molecular flexibility index (Phi) is 6.80. The summed E-state index contributed by atoms with van der Waals surface area (Å²) in [5.41, 5.74) is 4.25. The Hall–Kier alpha value is -1.18. The Labute approximate surface area is 159 Å². The lowest BCUT2D eigenvalue weighted by Gasteiger charge is -2.10. The van der Waals surface area contributed by atoms with Gasteiger partial charge < -0.3 is 4.74 Å². The lowest BCUT2D eigenvalue weighted by atomic mass is 10.2. The van der Waals surface area contributed by atoms with E-state index in [0.29, 0.717) is 5.75 Å². The van der Waals surface area contributed by atoms with Crippen LogP contribution in [0.1, 0.15) is 11.1 Å². The van der Waals surface area contributed by atoms with Crippen LogP contribution in [0.4, 0.5) is 0 Å². The standard InChI is InChI=1S/C16H13Br3N2O2/c1-10-6-13(18)7-14(19)16(10)23-9-15(22)21-20-8-11-2-4-12(17)5-3-11/h2-8H,9H2,1H3,(H,21,22)/b20-8+. The van der Waals surface area contributed by atoms with Gasteiger partial charge in [-0.2, -0.15) is 5.10 Å². The van der Waals surface area contributed by atoms with Crippen molar-refractivity contribution in [2.24, 2.45) is 5.10 Å². The van der Waals surface area contributed by atoms with Crippen molar-refractivity contribution in [1.29, 1.82) is 0 Å². The van der Waals surface area contributed by atoms with Crippen LogP contribution in [-0.2, 0) is 4.79 Å². The summed E-state index contributed by atoms with van der Waals surface area (Å²) in [6.07, 6.45) is 1.57.